The number of benzene rings is 1. The van der Waals surface area contributed by atoms with Crippen LogP contribution in [0.15, 0.2) is 18.5 Å². The van der Waals surface area contributed by atoms with E-state index >= 15 is 0 Å². The Hall–Kier alpha value is -2.31. The van der Waals surface area contributed by atoms with E-state index in [9.17, 15) is 0 Å². The first-order chi connectivity index (χ1) is 7.84. The molecule has 0 amide bonds. The number of fused-ring (bicyclic) bond motifs is 1. The van der Waals surface area contributed by atoms with Gasteiger partial charge in [0.1, 0.15) is 19.5 Å². The SMILES string of the molecule is Nc1cc2c(cc1-n1cnnn1)OCCO2. The van der Waals surface area contributed by atoms with Gasteiger partial charge in [-0.05, 0) is 10.4 Å². The first kappa shape index (κ1) is 8.96. The summed E-state index contributed by atoms with van der Waals surface area (Å²) in [6, 6.07) is 3.48. The molecular weight excluding hydrogens is 210 g/mol. The first-order valence-corrected chi connectivity index (χ1v) is 4.77. The van der Waals surface area contributed by atoms with Crippen LogP contribution < -0.4 is 15.2 Å². The van der Waals surface area contributed by atoms with Crippen molar-refractivity contribution in [3.8, 4) is 17.2 Å². The van der Waals surface area contributed by atoms with E-state index in [4.69, 9.17) is 15.2 Å². The van der Waals surface area contributed by atoms with Crippen molar-refractivity contribution in [2.45, 2.75) is 0 Å². The van der Waals surface area contributed by atoms with Crippen LogP contribution in [0.2, 0.25) is 0 Å². The quantitative estimate of drug-likeness (QED) is 0.680. The van der Waals surface area contributed by atoms with Crippen LogP contribution in [0.3, 0.4) is 0 Å². The second kappa shape index (κ2) is 3.37. The molecule has 16 heavy (non-hydrogen) atoms. The van der Waals surface area contributed by atoms with Crippen molar-refractivity contribution >= 4 is 5.69 Å². The largest absolute Gasteiger partial charge is 0.486 e. The number of hydrogen-bond donors (Lipinski definition) is 1. The monoisotopic (exact) mass is 219 g/mol. The van der Waals surface area contributed by atoms with Gasteiger partial charge in [0.15, 0.2) is 11.5 Å². The number of aromatic nitrogens is 4. The molecule has 2 aromatic rings. The lowest BCUT2D eigenvalue weighted by atomic mass is 10.2. The molecule has 1 aliphatic heterocycles. The number of nitrogens with zero attached hydrogens (tertiary/aromatic N) is 4. The number of anilines is 1. The molecule has 2 N–H and O–H groups in total. The summed E-state index contributed by atoms with van der Waals surface area (Å²) in [6.45, 7) is 1.07. The molecule has 3 rings (SSSR count). The molecule has 0 fully saturated rings. The van der Waals surface area contributed by atoms with Crippen molar-refractivity contribution in [2.75, 3.05) is 18.9 Å². The third kappa shape index (κ3) is 1.33. The zero-order valence-electron chi connectivity index (χ0n) is 8.33. The number of tetrazole rings is 1. The van der Waals surface area contributed by atoms with E-state index in [-0.39, 0.29) is 0 Å². The van der Waals surface area contributed by atoms with Gasteiger partial charge in [-0.1, -0.05) is 0 Å². The molecule has 0 saturated carbocycles. The topological polar surface area (TPSA) is 88.1 Å². The zero-order valence-corrected chi connectivity index (χ0v) is 8.33. The van der Waals surface area contributed by atoms with Crippen molar-refractivity contribution in [2.24, 2.45) is 0 Å². The Morgan fingerprint density at radius 1 is 1.19 bits per heavy atom. The summed E-state index contributed by atoms with van der Waals surface area (Å²) in [4.78, 5) is 0. The summed E-state index contributed by atoms with van der Waals surface area (Å²) in [5.74, 6) is 1.31. The van der Waals surface area contributed by atoms with Crippen molar-refractivity contribution in [3.63, 3.8) is 0 Å². The van der Waals surface area contributed by atoms with Gasteiger partial charge in [-0.2, -0.15) is 4.68 Å². The van der Waals surface area contributed by atoms with Gasteiger partial charge in [-0.3, -0.25) is 0 Å². The standard InChI is InChI=1S/C9H9N5O2/c10-6-3-8-9(16-2-1-15-8)4-7(6)14-5-11-12-13-14/h3-5H,1-2,10H2. The molecule has 1 aromatic carbocycles. The Balaban J connectivity index is 2.12. The van der Waals surface area contributed by atoms with E-state index in [1.54, 1.807) is 12.1 Å². The summed E-state index contributed by atoms with van der Waals surface area (Å²) >= 11 is 0. The Kier molecular flexibility index (Phi) is 1.89. The van der Waals surface area contributed by atoms with E-state index in [0.717, 1.165) is 0 Å². The fourth-order valence-corrected chi connectivity index (χ4v) is 1.56. The van der Waals surface area contributed by atoms with Crippen LogP contribution in [0.5, 0.6) is 11.5 Å². The summed E-state index contributed by atoms with van der Waals surface area (Å²) in [7, 11) is 0. The van der Waals surface area contributed by atoms with E-state index in [2.05, 4.69) is 15.5 Å². The second-order valence-electron chi connectivity index (χ2n) is 3.31. The lowest BCUT2D eigenvalue weighted by Gasteiger charge is -2.19. The van der Waals surface area contributed by atoms with E-state index in [1.807, 2.05) is 0 Å². The Bertz CT molecular complexity index is 511. The normalized spacial score (nSPS) is 13.8. The summed E-state index contributed by atoms with van der Waals surface area (Å²) in [6.07, 6.45) is 1.47. The number of hydrogen-bond acceptors (Lipinski definition) is 6. The summed E-state index contributed by atoms with van der Waals surface area (Å²) in [5.41, 5.74) is 7.10. The average molecular weight is 219 g/mol. The predicted octanol–water partition coefficient (Wildman–Crippen LogP) is 0.0157. The van der Waals surface area contributed by atoms with E-state index in [1.165, 1.54) is 11.0 Å². The molecule has 0 radical (unpaired) electrons. The highest BCUT2D eigenvalue weighted by molar-refractivity contribution is 5.65. The van der Waals surface area contributed by atoms with Gasteiger partial charge in [-0.15, -0.1) is 5.10 Å². The molecule has 2 heterocycles. The van der Waals surface area contributed by atoms with Gasteiger partial charge in [0.2, 0.25) is 0 Å². The van der Waals surface area contributed by atoms with Crippen molar-refractivity contribution < 1.29 is 9.47 Å². The molecular formula is C9H9N5O2. The first-order valence-electron chi connectivity index (χ1n) is 4.77. The van der Waals surface area contributed by atoms with Gasteiger partial charge in [-0.25, -0.2) is 0 Å². The minimum absolute atomic E-state index is 0.534. The zero-order chi connectivity index (χ0) is 11.0. The van der Waals surface area contributed by atoms with Crippen LogP contribution in [0, 0.1) is 0 Å². The Morgan fingerprint density at radius 3 is 2.62 bits per heavy atom. The molecule has 0 aliphatic carbocycles. The number of rotatable bonds is 1. The maximum absolute atomic E-state index is 5.88. The molecule has 1 aliphatic rings. The highest BCUT2D eigenvalue weighted by Crippen LogP contribution is 2.35. The van der Waals surface area contributed by atoms with Crippen LogP contribution in [-0.4, -0.2) is 33.4 Å². The third-order valence-electron chi connectivity index (χ3n) is 2.29. The lowest BCUT2D eigenvalue weighted by molar-refractivity contribution is 0.171. The highest BCUT2D eigenvalue weighted by Gasteiger charge is 2.15. The van der Waals surface area contributed by atoms with Gasteiger partial charge in [0.25, 0.3) is 0 Å². The van der Waals surface area contributed by atoms with Crippen LogP contribution in [0.25, 0.3) is 5.69 Å². The molecule has 7 nitrogen and oxygen atoms in total. The fourth-order valence-electron chi connectivity index (χ4n) is 1.56. The summed E-state index contributed by atoms with van der Waals surface area (Å²) < 4.78 is 12.3. The maximum atomic E-state index is 5.88. The molecule has 0 spiro atoms. The Morgan fingerprint density at radius 2 is 1.94 bits per heavy atom. The minimum Gasteiger partial charge on any atom is -0.486 e. The second-order valence-corrected chi connectivity index (χ2v) is 3.31. The Labute approximate surface area is 90.8 Å². The van der Waals surface area contributed by atoms with Gasteiger partial charge in [0, 0.05) is 12.1 Å². The van der Waals surface area contributed by atoms with Crippen LogP contribution >= 0.6 is 0 Å². The molecule has 0 unspecified atom stereocenters. The van der Waals surface area contributed by atoms with Crippen LogP contribution in [0.4, 0.5) is 5.69 Å². The molecule has 0 atom stereocenters. The molecule has 0 bridgehead atoms. The van der Waals surface area contributed by atoms with Crippen LogP contribution in [-0.2, 0) is 0 Å². The minimum atomic E-state index is 0.534. The average Bonchev–Trinajstić information content (AvgIpc) is 2.81. The van der Waals surface area contributed by atoms with Crippen molar-refractivity contribution in [1.29, 1.82) is 0 Å². The van der Waals surface area contributed by atoms with E-state index < -0.39 is 0 Å². The van der Waals surface area contributed by atoms with Gasteiger partial charge >= 0.3 is 0 Å². The number of nitrogen functional groups attached to an aromatic ring is 1. The third-order valence-corrected chi connectivity index (χ3v) is 2.29. The molecule has 7 heteroatoms. The van der Waals surface area contributed by atoms with Gasteiger partial charge < -0.3 is 15.2 Å². The number of ether oxygens (including phenoxy) is 2. The molecule has 1 aromatic heterocycles. The smallest absolute Gasteiger partial charge is 0.163 e. The van der Waals surface area contributed by atoms with Crippen LogP contribution in [0.1, 0.15) is 0 Å². The van der Waals surface area contributed by atoms with E-state index in [0.29, 0.717) is 36.1 Å². The summed E-state index contributed by atoms with van der Waals surface area (Å²) in [5, 5.41) is 10.9. The van der Waals surface area contributed by atoms with Gasteiger partial charge in [0.05, 0.1) is 11.4 Å². The highest BCUT2D eigenvalue weighted by atomic mass is 16.6. The molecule has 82 valence electrons. The number of nitrogens with two attached hydrogens (primary N) is 1. The van der Waals surface area contributed by atoms with Crippen molar-refractivity contribution in [1.82, 2.24) is 20.2 Å². The maximum Gasteiger partial charge on any atom is 0.163 e. The molecule has 0 saturated heterocycles. The van der Waals surface area contributed by atoms with Crippen molar-refractivity contribution in [3.05, 3.63) is 18.5 Å². The fraction of sp³-hybridized carbons (Fsp3) is 0.222. The predicted molar refractivity (Wildman–Crippen MR) is 54.6 cm³/mol. The lowest BCUT2D eigenvalue weighted by Crippen LogP contribution is -2.16.